The predicted octanol–water partition coefficient (Wildman–Crippen LogP) is 1.60. The second kappa shape index (κ2) is 6.39. The van der Waals surface area contributed by atoms with Crippen LogP contribution in [0, 0.1) is 0 Å². The monoisotopic (exact) mass is 254 g/mol. The molecule has 1 aromatic rings. The molecule has 0 aliphatic rings. The Balaban J connectivity index is 2.56. The number of hydrogen-bond donors (Lipinski definition) is 1. The lowest BCUT2D eigenvalue weighted by Gasteiger charge is -2.11. The van der Waals surface area contributed by atoms with Crippen LogP contribution in [0.3, 0.4) is 0 Å². The minimum absolute atomic E-state index is 0.109. The zero-order valence-electron chi connectivity index (χ0n) is 10.4. The second-order valence-electron chi connectivity index (χ2n) is 3.85. The van der Waals surface area contributed by atoms with Crippen LogP contribution in [0.5, 0.6) is 5.75 Å². The number of nitrogen functional groups attached to an aromatic ring is 1. The number of benzene rings is 1. The predicted molar refractivity (Wildman–Crippen MR) is 72.3 cm³/mol. The molecule has 2 N–H and O–H groups in total. The molecule has 94 valence electrons. The van der Waals surface area contributed by atoms with Crippen LogP contribution < -0.4 is 10.5 Å². The van der Waals surface area contributed by atoms with Gasteiger partial charge in [-0.3, -0.25) is 4.79 Å². The average molecular weight is 254 g/mol. The van der Waals surface area contributed by atoms with Crippen molar-refractivity contribution in [2.24, 2.45) is 0 Å². The van der Waals surface area contributed by atoms with E-state index in [9.17, 15) is 4.79 Å². The Labute approximate surface area is 106 Å². The number of ether oxygens (including phenoxy) is 1. The lowest BCUT2D eigenvalue weighted by Crippen LogP contribution is -2.23. The summed E-state index contributed by atoms with van der Waals surface area (Å²) in [5.74, 6) is 2.10. The highest BCUT2D eigenvalue weighted by Gasteiger charge is 2.07. The quantitative estimate of drug-likeness (QED) is 0.811. The van der Waals surface area contributed by atoms with E-state index in [1.807, 2.05) is 12.1 Å². The van der Waals surface area contributed by atoms with E-state index < -0.39 is 0 Å². The van der Waals surface area contributed by atoms with Crippen LogP contribution in [0.15, 0.2) is 18.2 Å². The minimum Gasteiger partial charge on any atom is -0.496 e. The Kier molecular flexibility index (Phi) is 5.15. The van der Waals surface area contributed by atoms with Gasteiger partial charge in [0.05, 0.1) is 12.9 Å². The van der Waals surface area contributed by atoms with Crippen molar-refractivity contribution in [2.45, 2.75) is 5.75 Å². The van der Waals surface area contributed by atoms with Crippen molar-refractivity contribution in [1.82, 2.24) is 4.90 Å². The maximum atomic E-state index is 11.4. The fourth-order valence-corrected chi connectivity index (χ4v) is 2.27. The van der Waals surface area contributed by atoms with Crippen LogP contribution in [-0.4, -0.2) is 37.8 Å². The largest absolute Gasteiger partial charge is 0.496 e. The van der Waals surface area contributed by atoms with Gasteiger partial charge in [0.2, 0.25) is 5.91 Å². The lowest BCUT2D eigenvalue weighted by atomic mass is 10.2. The standard InChI is InChI=1S/C12H18N2O2S/c1-14(2)12(15)8-17-7-9-6-10(13)4-5-11(9)16-3/h4-6H,7-8,13H2,1-3H3. The van der Waals surface area contributed by atoms with E-state index in [0.717, 1.165) is 11.3 Å². The average Bonchev–Trinajstić information content (AvgIpc) is 2.29. The summed E-state index contributed by atoms with van der Waals surface area (Å²) in [6.07, 6.45) is 0. The number of methoxy groups -OCH3 is 1. The zero-order valence-corrected chi connectivity index (χ0v) is 11.2. The molecule has 0 saturated carbocycles. The van der Waals surface area contributed by atoms with Gasteiger partial charge in [0, 0.05) is 31.1 Å². The number of carbonyl (C=O) groups is 1. The summed E-state index contributed by atoms with van der Waals surface area (Å²) in [4.78, 5) is 13.0. The van der Waals surface area contributed by atoms with Crippen molar-refractivity contribution >= 4 is 23.4 Å². The van der Waals surface area contributed by atoms with E-state index >= 15 is 0 Å². The van der Waals surface area contributed by atoms with Crippen molar-refractivity contribution in [1.29, 1.82) is 0 Å². The molecule has 0 heterocycles. The lowest BCUT2D eigenvalue weighted by molar-refractivity contribution is -0.125. The SMILES string of the molecule is COc1ccc(N)cc1CSCC(=O)N(C)C. The normalized spacial score (nSPS) is 10.1. The molecule has 1 amide bonds. The van der Waals surface area contributed by atoms with Gasteiger partial charge in [-0.25, -0.2) is 0 Å². The molecular formula is C12H18N2O2S. The molecule has 0 atom stereocenters. The van der Waals surface area contributed by atoms with E-state index in [0.29, 0.717) is 17.2 Å². The zero-order chi connectivity index (χ0) is 12.8. The van der Waals surface area contributed by atoms with Gasteiger partial charge in [-0.15, -0.1) is 11.8 Å². The summed E-state index contributed by atoms with van der Waals surface area (Å²) < 4.78 is 5.24. The molecule has 0 radical (unpaired) electrons. The molecule has 0 saturated heterocycles. The van der Waals surface area contributed by atoms with Crippen molar-refractivity contribution < 1.29 is 9.53 Å². The number of nitrogens with two attached hydrogens (primary N) is 1. The van der Waals surface area contributed by atoms with Crippen LogP contribution in [0.4, 0.5) is 5.69 Å². The number of anilines is 1. The Bertz CT molecular complexity index is 394. The molecule has 0 fully saturated rings. The number of rotatable bonds is 5. The highest BCUT2D eigenvalue weighted by Crippen LogP contribution is 2.25. The molecule has 0 spiro atoms. The molecule has 0 aromatic heterocycles. The topological polar surface area (TPSA) is 55.6 Å². The van der Waals surface area contributed by atoms with Gasteiger partial charge < -0.3 is 15.4 Å². The van der Waals surface area contributed by atoms with Crippen molar-refractivity contribution in [3.05, 3.63) is 23.8 Å². The Morgan fingerprint density at radius 3 is 2.76 bits per heavy atom. The van der Waals surface area contributed by atoms with Gasteiger partial charge in [-0.2, -0.15) is 0 Å². The Morgan fingerprint density at radius 1 is 1.47 bits per heavy atom. The number of carbonyl (C=O) groups excluding carboxylic acids is 1. The Morgan fingerprint density at radius 2 is 2.18 bits per heavy atom. The smallest absolute Gasteiger partial charge is 0.232 e. The van der Waals surface area contributed by atoms with E-state index in [4.69, 9.17) is 10.5 Å². The molecule has 5 heteroatoms. The molecule has 1 aromatic carbocycles. The third-order valence-electron chi connectivity index (χ3n) is 2.29. The fraction of sp³-hybridized carbons (Fsp3) is 0.417. The Hall–Kier alpha value is -1.36. The van der Waals surface area contributed by atoms with Gasteiger partial charge in [0.25, 0.3) is 0 Å². The first-order valence-corrected chi connectivity index (χ1v) is 6.40. The minimum atomic E-state index is 0.109. The van der Waals surface area contributed by atoms with Crippen LogP contribution >= 0.6 is 11.8 Å². The first-order valence-electron chi connectivity index (χ1n) is 5.25. The maximum absolute atomic E-state index is 11.4. The number of hydrogen-bond acceptors (Lipinski definition) is 4. The van der Waals surface area contributed by atoms with E-state index in [-0.39, 0.29) is 5.91 Å². The molecule has 4 nitrogen and oxygen atoms in total. The number of nitrogens with zero attached hydrogens (tertiary/aromatic N) is 1. The summed E-state index contributed by atoms with van der Waals surface area (Å²) in [5.41, 5.74) is 7.45. The van der Waals surface area contributed by atoms with Gasteiger partial charge in [0.15, 0.2) is 0 Å². The third-order valence-corrected chi connectivity index (χ3v) is 3.25. The van der Waals surface area contributed by atoms with Crippen molar-refractivity contribution in [2.75, 3.05) is 32.7 Å². The van der Waals surface area contributed by atoms with Crippen LogP contribution in [0.1, 0.15) is 5.56 Å². The first-order chi connectivity index (χ1) is 8.04. The van der Waals surface area contributed by atoms with Crippen LogP contribution in [-0.2, 0) is 10.5 Å². The number of amides is 1. The highest BCUT2D eigenvalue weighted by atomic mass is 32.2. The van der Waals surface area contributed by atoms with Crippen LogP contribution in [0.2, 0.25) is 0 Å². The molecule has 17 heavy (non-hydrogen) atoms. The van der Waals surface area contributed by atoms with E-state index in [1.165, 1.54) is 0 Å². The molecular weight excluding hydrogens is 236 g/mol. The molecule has 0 aliphatic carbocycles. The summed E-state index contributed by atoms with van der Waals surface area (Å²) in [6.45, 7) is 0. The van der Waals surface area contributed by atoms with Gasteiger partial charge in [0.1, 0.15) is 5.75 Å². The van der Waals surface area contributed by atoms with Gasteiger partial charge in [-0.05, 0) is 18.2 Å². The summed E-state index contributed by atoms with van der Waals surface area (Å²) in [5, 5.41) is 0. The summed E-state index contributed by atoms with van der Waals surface area (Å²) >= 11 is 1.55. The highest BCUT2D eigenvalue weighted by molar-refractivity contribution is 7.99. The fourth-order valence-electron chi connectivity index (χ4n) is 1.29. The summed E-state index contributed by atoms with van der Waals surface area (Å²) in [7, 11) is 5.14. The first kappa shape index (κ1) is 13.7. The number of thioether (sulfide) groups is 1. The third kappa shape index (κ3) is 4.19. The maximum Gasteiger partial charge on any atom is 0.232 e. The van der Waals surface area contributed by atoms with E-state index in [2.05, 4.69) is 0 Å². The van der Waals surface area contributed by atoms with Gasteiger partial charge >= 0.3 is 0 Å². The van der Waals surface area contributed by atoms with Crippen molar-refractivity contribution in [3.63, 3.8) is 0 Å². The second-order valence-corrected chi connectivity index (χ2v) is 4.84. The molecule has 1 rings (SSSR count). The van der Waals surface area contributed by atoms with Gasteiger partial charge in [-0.1, -0.05) is 0 Å². The van der Waals surface area contributed by atoms with E-state index in [1.54, 1.807) is 43.9 Å². The molecule has 0 bridgehead atoms. The molecule has 0 unspecified atom stereocenters. The molecule has 0 aliphatic heterocycles. The summed E-state index contributed by atoms with van der Waals surface area (Å²) in [6, 6.07) is 5.53. The van der Waals surface area contributed by atoms with Crippen LogP contribution in [0.25, 0.3) is 0 Å². The van der Waals surface area contributed by atoms with Crippen molar-refractivity contribution in [3.8, 4) is 5.75 Å².